The first kappa shape index (κ1) is 11.0. The molecule has 0 atom stereocenters. The first-order valence-corrected chi connectivity index (χ1v) is 4.87. The summed E-state index contributed by atoms with van der Waals surface area (Å²) < 4.78 is 1.42. The van der Waals surface area contributed by atoms with Gasteiger partial charge in [0.25, 0.3) is 5.69 Å². The van der Waals surface area contributed by atoms with Crippen molar-refractivity contribution in [2.24, 2.45) is 0 Å². The number of aromatic nitrogens is 2. The number of hydrogen-bond donors (Lipinski definition) is 0. The minimum atomic E-state index is -0.528. The van der Waals surface area contributed by atoms with Gasteiger partial charge in [0.15, 0.2) is 0 Å². The number of carbonyl (C=O) groups excluding carboxylic acids is 1. The normalized spacial score (nSPS) is 10.2. The van der Waals surface area contributed by atoms with Crippen LogP contribution in [0.1, 0.15) is 15.9 Å². The molecule has 2 rings (SSSR count). The van der Waals surface area contributed by atoms with Crippen molar-refractivity contribution in [1.82, 2.24) is 9.78 Å². The van der Waals surface area contributed by atoms with Crippen LogP contribution in [-0.4, -0.2) is 21.0 Å². The van der Waals surface area contributed by atoms with Crippen LogP contribution in [0.3, 0.4) is 0 Å². The summed E-state index contributed by atoms with van der Waals surface area (Å²) in [6, 6.07) is 4.26. The van der Waals surface area contributed by atoms with Crippen molar-refractivity contribution >= 4 is 12.0 Å². The summed E-state index contributed by atoms with van der Waals surface area (Å²) in [5.74, 6) is 0. The average molecular weight is 231 g/mol. The lowest BCUT2D eigenvalue weighted by Crippen LogP contribution is -2.01. The van der Waals surface area contributed by atoms with Crippen LogP contribution in [0.15, 0.2) is 30.6 Å². The highest BCUT2D eigenvalue weighted by Crippen LogP contribution is 2.23. The van der Waals surface area contributed by atoms with Gasteiger partial charge in [0, 0.05) is 17.8 Å². The highest BCUT2D eigenvalue weighted by Gasteiger charge is 2.16. The molecule has 0 amide bonds. The van der Waals surface area contributed by atoms with E-state index in [1.807, 2.05) is 6.92 Å². The second-order valence-corrected chi connectivity index (χ2v) is 3.59. The van der Waals surface area contributed by atoms with Crippen LogP contribution < -0.4 is 0 Å². The highest BCUT2D eigenvalue weighted by atomic mass is 16.6. The number of nitro groups is 1. The first-order chi connectivity index (χ1) is 8.11. The van der Waals surface area contributed by atoms with Crippen LogP contribution in [0.25, 0.3) is 5.69 Å². The van der Waals surface area contributed by atoms with Crippen molar-refractivity contribution in [1.29, 1.82) is 0 Å². The zero-order valence-corrected chi connectivity index (χ0v) is 9.03. The third-order valence-electron chi connectivity index (χ3n) is 2.29. The van der Waals surface area contributed by atoms with Gasteiger partial charge in [-0.3, -0.25) is 14.9 Å². The van der Waals surface area contributed by atoms with E-state index in [2.05, 4.69) is 5.10 Å². The summed E-state index contributed by atoms with van der Waals surface area (Å²) in [6.45, 7) is 1.84. The molecule has 0 spiro atoms. The van der Waals surface area contributed by atoms with Crippen molar-refractivity contribution in [2.75, 3.05) is 0 Å². The fourth-order valence-electron chi connectivity index (χ4n) is 1.50. The Morgan fingerprint density at radius 2 is 2.24 bits per heavy atom. The van der Waals surface area contributed by atoms with Gasteiger partial charge in [-0.15, -0.1) is 0 Å². The summed E-state index contributed by atoms with van der Waals surface area (Å²) in [4.78, 5) is 21.0. The van der Waals surface area contributed by atoms with E-state index < -0.39 is 4.92 Å². The number of hydrogen-bond acceptors (Lipinski definition) is 4. The van der Waals surface area contributed by atoms with Crippen molar-refractivity contribution in [2.45, 2.75) is 6.92 Å². The predicted molar refractivity (Wildman–Crippen MR) is 60.3 cm³/mol. The van der Waals surface area contributed by atoms with Crippen LogP contribution in [0.2, 0.25) is 0 Å². The Kier molecular flexibility index (Phi) is 2.70. The van der Waals surface area contributed by atoms with Crippen LogP contribution in [0.5, 0.6) is 0 Å². The highest BCUT2D eigenvalue weighted by molar-refractivity contribution is 5.77. The summed E-state index contributed by atoms with van der Waals surface area (Å²) in [5.41, 5.74) is 1.37. The molecule has 0 radical (unpaired) electrons. The fourth-order valence-corrected chi connectivity index (χ4v) is 1.50. The van der Waals surface area contributed by atoms with Crippen LogP contribution >= 0.6 is 0 Å². The van der Waals surface area contributed by atoms with E-state index in [4.69, 9.17) is 0 Å². The number of nitro benzene ring substituents is 1. The molecule has 0 aliphatic carbocycles. The Hall–Kier alpha value is -2.50. The Labute approximate surface area is 96.6 Å². The third kappa shape index (κ3) is 2.05. The molecule has 6 nitrogen and oxygen atoms in total. The number of benzene rings is 1. The summed E-state index contributed by atoms with van der Waals surface area (Å²) in [6.07, 6.45) is 3.87. The van der Waals surface area contributed by atoms with Gasteiger partial charge in [0.2, 0.25) is 0 Å². The van der Waals surface area contributed by atoms with Crippen molar-refractivity contribution in [3.05, 3.63) is 51.8 Å². The first-order valence-electron chi connectivity index (χ1n) is 4.87. The van der Waals surface area contributed by atoms with E-state index in [9.17, 15) is 14.9 Å². The minimum Gasteiger partial charge on any atom is -0.298 e. The topological polar surface area (TPSA) is 78.0 Å². The van der Waals surface area contributed by atoms with Crippen LogP contribution in [-0.2, 0) is 0 Å². The van der Waals surface area contributed by atoms with Gasteiger partial charge >= 0.3 is 0 Å². The standard InChI is InChI=1S/C11H9N3O3/c1-8-5-12-13(6-8)10-3-2-9(7-15)4-11(10)14(16)17/h2-7H,1H3. The molecule has 86 valence electrons. The zero-order valence-electron chi connectivity index (χ0n) is 9.03. The SMILES string of the molecule is Cc1cnn(-c2ccc(C=O)cc2[N+](=O)[O-])c1. The van der Waals surface area contributed by atoms with E-state index in [0.717, 1.165) is 5.56 Å². The molecule has 0 fully saturated rings. The van der Waals surface area contributed by atoms with E-state index in [0.29, 0.717) is 12.0 Å². The summed E-state index contributed by atoms with van der Waals surface area (Å²) >= 11 is 0. The van der Waals surface area contributed by atoms with Crippen molar-refractivity contribution < 1.29 is 9.72 Å². The number of aryl methyl sites for hydroxylation is 1. The molecule has 0 saturated carbocycles. The molecular weight excluding hydrogens is 222 g/mol. The molecule has 0 aliphatic rings. The summed E-state index contributed by atoms with van der Waals surface area (Å²) in [7, 11) is 0. The second-order valence-electron chi connectivity index (χ2n) is 3.59. The van der Waals surface area contributed by atoms with Gasteiger partial charge in [-0.05, 0) is 24.6 Å². The van der Waals surface area contributed by atoms with Gasteiger partial charge in [0.1, 0.15) is 12.0 Å². The smallest absolute Gasteiger partial charge is 0.295 e. The average Bonchev–Trinajstić information content (AvgIpc) is 2.75. The van der Waals surface area contributed by atoms with E-state index in [-0.39, 0.29) is 11.3 Å². The Morgan fingerprint density at radius 1 is 1.47 bits per heavy atom. The van der Waals surface area contributed by atoms with E-state index >= 15 is 0 Å². The minimum absolute atomic E-state index is 0.141. The molecule has 17 heavy (non-hydrogen) atoms. The quantitative estimate of drug-likeness (QED) is 0.459. The Bertz CT molecular complexity index is 589. The molecule has 2 aromatic rings. The van der Waals surface area contributed by atoms with Gasteiger partial charge in [-0.25, -0.2) is 4.68 Å². The maximum absolute atomic E-state index is 10.9. The van der Waals surface area contributed by atoms with Crippen LogP contribution in [0.4, 0.5) is 5.69 Å². The predicted octanol–water partition coefficient (Wildman–Crippen LogP) is 1.90. The monoisotopic (exact) mass is 231 g/mol. The van der Waals surface area contributed by atoms with Gasteiger partial charge in [-0.2, -0.15) is 5.10 Å². The number of aldehydes is 1. The molecule has 1 aromatic heterocycles. The molecule has 0 unspecified atom stereocenters. The van der Waals surface area contributed by atoms with Gasteiger partial charge < -0.3 is 0 Å². The van der Waals surface area contributed by atoms with Crippen molar-refractivity contribution in [3.63, 3.8) is 0 Å². The number of carbonyl (C=O) groups is 1. The summed E-state index contributed by atoms with van der Waals surface area (Å²) in [5, 5.41) is 14.9. The number of nitrogens with zero attached hydrogens (tertiary/aromatic N) is 3. The van der Waals surface area contributed by atoms with Gasteiger partial charge in [0.05, 0.1) is 11.1 Å². The largest absolute Gasteiger partial charge is 0.298 e. The lowest BCUT2D eigenvalue weighted by Gasteiger charge is -2.03. The lowest BCUT2D eigenvalue weighted by molar-refractivity contribution is -0.384. The molecule has 0 bridgehead atoms. The Morgan fingerprint density at radius 3 is 2.76 bits per heavy atom. The molecule has 6 heteroatoms. The maximum Gasteiger partial charge on any atom is 0.295 e. The molecule has 0 saturated heterocycles. The van der Waals surface area contributed by atoms with E-state index in [1.165, 1.54) is 22.9 Å². The molecular formula is C11H9N3O3. The van der Waals surface area contributed by atoms with Crippen LogP contribution in [0, 0.1) is 17.0 Å². The molecule has 1 heterocycles. The zero-order chi connectivity index (χ0) is 12.4. The van der Waals surface area contributed by atoms with Crippen molar-refractivity contribution in [3.8, 4) is 5.69 Å². The molecule has 1 aromatic carbocycles. The number of rotatable bonds is 3. The maximum atomic E-state index is 10.9. The third-order valence-corrected chi connectivity index (χ3v) is 2.29. The fraction of sp³-hybridized carbons (Fsp3) is 0.0909. The second kappa shape index (κ2) is 4.17. The Balaban J connectivity index is 2.61. The molecule has 0 N–H and O–H groups in total. The van der Waals surface area contributed by atoms with E-state index in [1.54, 1.807) is 12.4 Å². The molecule has 0 aliphatic heterocycles. The lowest BCUT2D eigenvalue weighted by atomic mass is 10.2. The van der Waals surface area contributed by atoms with Gasteiger partial charge in [-0.1, -0.05) is 0 Å².